The van der Waals surface area contributed by atoms with E-state index in [1.165, 1.54) is 20.8 Å². The lowest BCUT2D eigenvalue weighted by molar-refractivity contribution is 0.00391. The van der Waals surface area contributed by atoms with Crippen molar-refractivity contribution in [2.24, 2.45) is 0 Å². The van der Waals surface area contributed by atoms with Crippen LogP contribution in [0, 0.1) is 0 Å². The van der Waals surface area contributed by atoms with Gasteiger partial charge < -0.3 is 14.7 Å². The van der Waals surface area contributed by atoms with Gasteiger partial charge in [-0.25, -0.2) is 4.79 Å². The monoisotopic (exact) mass is 207 g/mol. The summed E-state index contributed by atoms with van der Waals surface area (Å²) < 4.78 is 50.8. The number of nitrogens with zero attached hydrogens (tertiary/aromatic N) is 1. The summed E-state index contributed by atoms with van der Waals surface area (Å²) >= 11 is 0. The Balaban J connectivity index is 3.19. The Morgan fingerprint density at radius 1 is 1.64 bits per heavy atom. The second-order valence-electron chi connectivity index (χ2n) is 3.89. The highest BCUT2D eigenvalue weighted by atomic mass is 16.6. The minimum atomic E-state index is -2.92. The lowest BCUT2D eigenvalue weighted by Gasteiger charge is -2.32. The number of amides is 1. The summed E-state index contributed by atoms with van der Waals surface area (Å²) in [5.74, 6) is 0. The number of rotatable bonds is 0. The summed E-state index contributed by atoms with van der Waals surface area (Å²) in [6.07, 6.45) is -6.79. The minimum absolute atomic E-state index is 0.136. The molecule has 0 aliphatic carbocycles. The maximum atomic E-state index is 12.0. The van der Waals surface area contributed by atoms with E-state index in [4.69, 9.17) is 13.0 Å². The van der Waals surface area contributed by atoms with E-state index < -0.39 is 43.6 Å². The molecule has 0 spiro atoms. The molecular formula is C10H19NO3. The van der Waals surface area contributed by atoms with Gasteiger partial charge in [0, 0.05) is 18.5 Å². The van der Waals surface area contributed by atoms with Gasteiger partial charge in [0.2, 0.25) is 0 Å². The van der Waals surface area contributed by atoms with Crippen molar-refractivity contribution in [3.63, 3.8) is 0 Å². The Hall–Kier alpha value is -0.770. The first-order valence-corrected chi connectivity index (χ1v) is 4.33. The SMILES string of the molecule is [2H]C1([2H])CC([2H])([2H])N(C(=O)OC(C)(C)C)C([2H])([2H])[C@H]1O. The quantitative estimate of drug-likeness (QED) is 0.653. The molecule has 1 amide bonds. The number of likely N-dealkylation sites (tertiary alicyclic amines) is 1. The molecule has 1 saturated heterocycles. The summed E-state index contributed by atoms with van der Waals surface area (Å²) in [6, 6.07) is 0. The van der Waals surface area contributed by atoms with Gasteiger partial charge >= 0.3 is 6.09 Å². The number of β-amino-alcohol motifs (C(OH)–C–C–N with tert-alkyl or cyclic N) is 1. The Labute approximate surface area is 93.3 Å². The number of ether oxygens (including phenoxy) is 1. The summed E-state index contributed by atoms with van der Waals surface area (Å²) in [4.78, 5) is 12.1. The molecule has 0 saturated carbocycles. The molecule has 0 bridgehead atoms. The third-order valence-electron chi connectivity index (χ3n) is 1.36. The Bertz CT molecular complexity index is 406. The molecule has 1 aliphatic rings. The van der Waals surface area contributed by atoms with Crippen molar-refractivity contribution in [1.82, 2.24) is 4.90 Å². The van der Waals surface area contributed by atoms with Crippen LogP contribution in [0.3, 0.4) is 0 Å². The molecule has 0 unspecified atom stereocenters. The second kappa shape index (κ2) is 4.17. The van der Waals surface area contributed by atoms with E-state index in [0.29, 0.717) is 0 Å². The smallest absolute Gasteiger partial charge is 0.410 e. The summed E-state index contributed by atoms with van der Waals surface area (Å²) in [5, 5.41) is 9.75. The van der Waals surface area contributed by atoms with Crippen LogP contribution in [0.15, 0.2) is 0 Å². The number of hydrogen-bond donors (Lipinski definition) is 1. The van der Waals surface area contributed by atoms with Crippen LogP contribution in [-0.2, 0) is 4.74 Å². The van der Waals surface area contributed by atoms with Crippen LogP contribution in [0.5, 0.6) is 0 Å². The Kier molecular flexibility index (Phi) is 1.59. The van der Waals surface area contributed by atoms with E-state index in [1.54, 1.807) is 0 Å². The van der Waals surface area contributed by atoms with Gasteiger partial charge in [-0.1, -0.05) is 0 Å². The predicted molar refractivity (Wildman–Crippen MR) is 53.0 cm³/mol. The van der Waals surface area contributed by atoms with E-state index in [9.17, 15) is 9.90 Å². The van der Waals surface area contributed by atoms with Gasteiger partial charge in [0.15, 0.2) is 0 Å². The van der Waals surface area contributed by atoms with Crippen molar-refractivity contribution in [1.29, 1.82) is 0 Å². The van der Waals surface area contributed by atoms with Crippen molar-refractivity contribution in [2.75, 3.05) is 13.0 Å². The van der Waals surface area contributed by atoms with E-state index in [0.717, 1.165) is 0 Å². The lowest BCUT2D eigenvalue weighted by atomic mass is 10.1. The molecule has 4 heteroatoms. The van der Waals surface area contributed by atoms with Gasteiger partial charge in [0.25, 0.3) is 0 Å². The zero-order valence-electron chi connectivity index (χ0n) is 14.5. The first-order valence-electron chi connectivity index (χ1n) is 7.33. The normalized spacial score (nSPS) is 40.6. The van der Waals surface area contributed by atoms with Gasteiger partial charge in [-0.3, -0.25) is 0 Å². The van der Waals surface area contributed by atoms with Crippen LogP contribution in [-0.4, -0.2) is 40.8 Å². The van der Waals surface area contributed by atoms with Crippen LogP contribution in [0.1, 0.15) is 41.8 Å². The number of piperidine rings is 1. The zero-order chi connectivity index (χ0) is 16.1. The molecule has 0 radical (unpaired) electrons. The second-order valence-corrected chi connectivity index (χ2v) is 3.89. The molecular weight excluding hydrogens is 182 g/mol. The maximum Gasteiger partial charge on any atom is 0.410 e. The molecule has 1 fully saturated rings. The van der Waals surface area contributed by atoms with E-state index in [1.807, 2.05) is 0 Å². The molecule has 1 aliphatic heterocycles. The van der Waals surface area contributed by atoms with Crippen LogP contribution in [0.4, 0.5) is 4.79 Å². The highest BCUT2D eigenvalue weighted by Crippen LogP contribution is 2.14. The molecule has 1 atom stereocenters. The topological polar surface area (TPSA) is 49.8 Å². The van der Waals surface area contributed by atoms with Crippen LogP contribution in [0.25, 0.3) is 0 Å². The number of carbonyl (C=O) groups excluding carboxylic acids is 1. The average Bonchev–Trinajstić information content (AvgIpc) is 2.08. The summed E-state index contributed by atoms with van der Waals surface area (Å²) in [5.41, 5.74) is -0.968. The predicted octanol–water partition coefficient (Wildman–Crippen LogP) is 1.38. The molecule has 0 aromatic heterocycles. The van der Waals surface area contributed by atoms with E-state index in [2.05, 4.69) is 0 Å². The largest absolute Gasteiger partial charge is 0.444 e. The summed E-state index contributed by atoms with van der Waals surface area (Å²) in [6.45, 7) is -0.927. The third kappa shape index (κ3) is 3.54. The first kappa shape index (κ1) is 5.35. The molecule has 82 valence electrons. The number of carbonyl (C=O) groups is 1. The molecule has 0 aromatic rings. The number of aliphatic hydroxyl groups is 1. The maximum absolute atomic E-state index is 12.0. The fourth-order valence-corrected chi connectivity index (χ4v) is 0.860. The zero-order valence-corrected chi connectivity index (χ0v) is 8.50. The van der Waals surface area contributed by atoms with E-state index >= 15 is 0 Å². The third-order valence-corrected chi connectivity index (χ3v) is 1.36. The fraction of sp³-hybridized carbons (Fsp3) is 0.900. The van der Waals surface area contributed by atoms with Gasteiger partial charge in [0.1, 0.15) is 5.60 Å². The van der Waals surface area contributed by atoms with Gasteiger partial charge in [-0.05, 0) is 33.6 Å². The van der Waals surface area contributed by atoms with Gasteiger partial charge in [-0.15, -0.1) is 0 Å². The van der Waals surface area contributed by atoms with Crippen LogP contribution >= 0.6 is 0 Å². The van der Waals surface area contributed by atoms with Crippen LogP contribution < -0.4 is 0 Å². The van der Waals surface area contributed by atoms with E-state index in [-0.39, 0.29) is 4.90 Å². The Morgan fingerprint density at radius 3 is 2.86 bits per heavy atom. The highest BCUT2D eigenvalue weighted by Gasteiger charge is 2.26. The minimum Gasteiger partial charge on any atom is -0.444 e. The average molecular weight is 207 g/mol. The molecule has 1 heterocycles. The highest BCUT2D eigenvalue weighted by molar-refractivity contribution is 5.68. The van der Waals surface area contributed by atoms with Gasteiger partial charge in [0.05, 0.1) is 8.85 Å². The lowest BCUT2D eigenvalue weighted by Crippen LogP contribution is -2.44. The van der Waals surface area contributed by atoms with Crippen molar-refractivity contribution in [2.45, 2.75) is 45.3 Å². The first-order chi connectivity index (χ1) is 8.61. The molecule has 1 rings (SSSR count). The molecule has 0 aromatic carbocycles. The Morgan fingerprint density at radius 2 is 2.29 bits per heavy atom. The number of aliphatic hydroxyl groups excluding tert-OH is 1. The van der Waals surface area contributed by atoms with Crippen molar-refractivity contribution in [3.05, 3.63) is 0 Å². The summed E-state index contributed by atoms with van der Waals surface area (Å²) in [7, 11) is 0. The van der Waals surface area contributed by atoms with Crippen molar-refractivity contribution < 1.29 is 22.9 Å². The van der Waals surface area contributed by atoms with Gasteiger partial charge in [-0.2, -0.15) is 0 Å². The van der Waals surface area contributed by atoms with Crippen molar-refractivity contribution >= 4 is 6.09 Å². The molecule has 1 N–H and O–H groups in total. The van der Waals surface area contributed by atoms with Crippen molar-refractivity contribution in [3.8, 4) is 0 Å². The standard InChI is InChI=1S/C10H19NO3/c1-10(2,3)14-9(13)11-6-4-5-8(12)7-11/h8,12H,4-7H2,1-3H3/t8-/m0/s1/i5D2,6D2,7D2. The van der Waals surface area contributed by atoms with Crippen LogP contribution in [0.2, 0.25) is 0 Å². The number of hydrogen-bond acceptors (Lipinski definition) is 3. The fourth-order valence-electron chi connectivity index (χ4n) is 0.860. The molecule has 14 heavy (non-hydrogen) atoms. The molecule has 4 nitrogen and oxygen atoms in total.